The zero-order valence-corrected chi connectivity index (χ0v) is 32.8. The number of hydrogen-bond donors (Lipinski definition) is 0. The van der Waals surface area contributed by atoms with Gasteiger partial charge in [0.15, 0.2) is 0 Å². The molecule has 0 saturated carbocycles. The lowest BCUT2D eigenvalue weighted by molar-refractivity contribution is 0.653. The van der Waals surface area contributed by atoms with Crippen LogP contribution in [0.3, 0.4) is 0 Å². The number of nitrogens with zero attached hydrogens (tertiary/aromatic N) is 1. The number of furan rings is 1. The van der Waals surface area contributed by atoms with E-state index < -0.39 is 0 Å². The van der Waals surface area contributed by atoms with Gasteiger partial charge < -0.3 is 9.32 Å². The quantitative estimate of drug-likeness (QED) is 0.161. The summed E-state index contributed by atoms with van der Waals surface area (Å²) >= 11 is 0. The van der Waals surface area contributed by atoms with Crippen LogP contribution in [-0.2, 0) is 0 Å². The lowest BCUT2D eigenvalue weighted by Gasteiger charge is -2.31. The first-order valence-corrected chi connectivity index (χ1v) is 20.5. The summed E-state index contributed by atoms with van der Waals surface area (Å²) in [5.74, 6) is 0.538. The molecule has 2 atom stereocenters. The Bertz CT molecular complexity index is 3240. The van der Waals surface area contributed by atoms with Crippen molar-refractivity contribution in [1.29, 1.82) is 0 Å². The maximum absolute atomic E-state index is 6.51. The summed E-state index contributed by atoms with van der Waals surface area (Å²) in [4.78, 5) is 2.45. The number of benzene rings is 9. The summed E-state index contributed by atoms with van der Waals surface area (Å²) in [5.41, 5.74) is 13.6. The van der Waals surface area contributed by atoms with Gasteiger partial charge in [-0.3, -0.25) is 0 Å². The largest absolute Gasteiger partial charge is 0.456 e. The fourth-order valence-corrected chi connectivity index (χ4v) is 9.34. The number of allylic oxidation sites excluding steroid dienone is 4. The number of anilines is 3. The van der Waals surface area contributed by atoms with Gasteiger partial charge in [-0.15, -0.1) is 0 Å². The smallest absolute Gasteiger partial charge is 0.137 e. The topological polar surface area (TPSA) is 16.4 Å². The van der Waals surface area contributed by atoms with Crippen LogP contribution in [-0.4, -0.2) is 0 Å². The van der Waals surface area contributed by atoms with Crippen molar-refractivity contribution < 1.29 is 4.42 Å². The third-order valence-corrected chi connectivity index (χ3v) is 12.3. The lowest BCUT2D eigenvalue weighted by Crippen LogP contribution is -2.14. The van der Waals surface area contributed by atoms with E-state index in [1.165, 1.54) is 43.8 Å². The molecule has 1 aliphatic rings. The van der Waals surface area contributed by atoms with E-state index in [4.69, 9.17) is 4.42 Å². The lowest BCUT2D eigenvalue weighted by atomic mass is 9.77. The van der Waals surface area contributed by atoms with Gasteiger partial charge in [0.05, 0.1) is 16.8 Å². The molecule has 0 bridgehead atoms. The minimum atomic E-state index is 0.236. The van der Waals surface area contributed by atoms with Crippen LogP contribution >= 0.6 is 0 Å². The Kier molecular flexibility index (Phi) is 8.56. The van der Waals surface area contributed by atoms with E-state index in [0.29, 0.717) is 5.92 Å². The second-order valence-corrected chi connectivity index (χ2v) is 15.7. The van der Waals surface area contributed by atoms with Crippen molar-refractivity contribution in [2.45, 2.75) is 12.8 Å². The number of hydrogen-bond acceptors (Lipinski definition) is 2. The molecule has 9 aromatic carbocycles. The summed E-state index contributed by atoms with van der Waals surface area (Å²) in [7, 11) is 0. The predicted octanol–water partition coefficient (Wildman–Crippen LogP) is 16.1. The zero-order valence-electron chi connectivity index (χ0n) is 32.8. The van der Waals surface area contributed by atoms with E-state index in [0.717, 1.165) is 55.7 Å². The number of fused-ring (bicyclic) bond motifs is 5. The normalized spacial score (nSPS) is 15.2. The molecule has 0 N–H and O–H groups in total. The molecule has 0 spiro atoms. The second-order valence-electron chi connectivity index (χ2n) is 15.7. The Morgan fingerprint density at radius 2 is 1.15 bits per heavy atom. The molecule has 280 valence electrons. The van der Waals surface area contributed by atoms with Crippen LogP contribution in [0.4, 0.5) is 17.1 Å². The van der Waals surface area contributed by atoms with Crippen LogP contribution in [0, 0.1) is 5.92 Å². The summed E-state index contributed by atoms with van der Waals surface area (Å²) in [6.45, 7) is 2.37. The molecule has 2 nitrogen and oxygen atoms in total. The Hall–Kier alpha value is -7.42. The van der Waals surface area contributed by atoms with E-state index in [1.54, 1.807) is 0 Å². The molecule has 0 fully saturated rings. The molecule has 1 aromatic heterocycles. The highest BCUT2D eigenvalue weighted by atomic mass is 16.3. The van der Waals surface area contributed by atoms with Gasteiger partial charge in [-0.1, -0.05) is 183 Å². The van der Waals surface area contributed by atoms with Crippen molar-refractivity contribution in [1.82, 2.24) is 0 Å². The van der Waals surface area contributed by atoms with Crippen molar-refractivity contribution in [2.24, 2.45) is 5.92 Å². The van der Waals surface area contributed by atoms with Crippen LogP contribution in [0.15, 0.2) is 223 Å². The van der Waals surface area contributed by atoms with Crippen molar-refractivity contribution in [3.8, 4) is 22.3 Å². The van der Waals surface area contributed by atoms with Crippen LogP contribution < -0.4 is 4.90 Å². The Labute approximate surface area is 344 Å². The highest BCUT2D eigenvalue weighted by Crippen LogP contribution is 2.48. The molecule has 0 saturated heterocycles. The molecule has 2 heteroatoms. The Morgan fingerprint density at radius 3 is 2.02 bits per heavy atom. The van der Waals surface area contributed by atoms with Gasteiger partial charge in [0.25, 0.3) is 0 Å². The fraction of sp³-hybridized carbons (Fsp3) is 0.0526. The average molecular weight is 756 g/mol. The third-order valence-electron chi connectivity index (χ3n) is 12.3. The van der Waals surface area contributed by atoms with Crippen LogP contribution in [0.1, 0.15) is 24.0 Å². The van der Waals surface area contributed by atoms with Gasteiger partial charge in [-0.2, -0.15) is 0 Å². The van der Waals surface area contributed by atoms with E-state index >= 15 is 0 Å². The van der Waals surface area contributed by atoms with Gasteiger partial charge in [-0.05, 0) is 103 Å². The Morgan fingerprint density at radius 1 is 0.458 bits per heavy atom. The van der Waals surface area contributed by atoms with Gasteiger partial charge in [0, 0.05) is 22.6 Å². The standard InChI is InChI=1S/C57H41NO/c1-38-47(22-12-23-48(38)44-29-28-39-14-5-6-18-43(39)36-44)42-30-33-46(34-31-42)58(53-25-13-27-56-57(53)52-21-9-10-26-55(52)59-56)54-37-45(32-35-51(54)41-15-3-2-4-16-41)50-24-11-19-40-17-7-8-20-49(40)50/h2-38,47H,1H3. The summed E-state index contributed by atoms with van der Waals surface area (Å²) in [6, 6.07) is 72.6. The molecule has 0 aliphatic heterocycles. The number of rotatable bonds is 7. The second kappa shape index (κ2) is 14.5. The molecule has 59 heavy (non-hydrogen) atoms. The first-order valence-electron chi connectivity index (χ1n) is 20.5. The number of para-hydroxylation sites is 1. The Balaban J connectivity index is 1.08. The van der Waals surface area contributed by atoms with Crippen molar-refractivity contribution in [3.05, 3.63) is 230 Å². The fourth-order valence-electron chi connectivity index (χ4n) is 9.34. The summed E-state index contributed by atoms with van der Waals surface area (Å²) in [5, 5.41) is 7.19. The van der Waals surface area contributed by atoms with E-state index in [2.05, 4.69) is 224 Å². The summed E-state index contributed by atoms with van der Waals surface area (Å²) in [6.07, 6.45) is 6.90. The maximum atomic E-state index is 6.51. The van der Waals surface area contributed by atoms with Crippen molar-refractivity contribution in [2.75, 3.05) is 4.90 Å². The molecule has 0 amide bonds. The molecule has 11 rings (SSSR count). The molecule has 1 heterocycles. The third kappa shape index (κ3) is 6.13. The highest BCUT2D eigenvalue weighted by Gasteiger charge is 2.26. The molecule has 0 radical (unpaired) electrons. The van der Waals surface area contributed by atoms with Gasteiger partial charge >= 0.3 is 0 Å². The van der Waals surface area contributed by atoms with E-state index in [9.17, 15) is 0 Å². The van der Waals surface area contributed by atoms with Crippen LogP contribution in [0.25, 0.3) is 71.3 Å². The molecular weight excluding hydrogens is 715 g/mol. The van der Waals surface area contributed by atoms with Crippen LogP contribution in [0.2, 0.25) is 0 Å². The molecule has 2 unspecified atom stereocenters. The van der Waals surface area contributed by atoms with Crippen molar-refractivity contribution in [3.63, 3.8) is 0 Å². The van der Waals surface area contributed by atoms with Crippen molar-refractivity contribution >= 4 is 66.1 Å². The zero-order chi connectivity index (χ0) is 39.3. The minimum Gasteiger partial charge on any atom is -0.456 e. The highest BCUT2D eigenvalue weighted by molar-refractivity contribution is 6.14. The first-order chi connectivity index (χ1) is 29.2. The average Bonchev–Trinajstić information content (AvgIpc) is 3.69. The SMILES string of the molecule is CC1C(c2ccc3ccccc3c2)=CC=CC1c1ccc(N(c2cc(-c3cccc4ccccc34)ccc2-c2ccccc2)c2cccc3oc4ccccc4c23)cc1. The van der Waals surface area contributed by atoms with E-state index in [1.807, 2.05) is 6.07 Å². The van der Waals surface area contributed by atoms with Gasteiger partial charge in [0.2, 0.25) is 0 Å². The van der Waals surface area contributed by atoms with Gasteiger partial charge in [-0.25, -0.2) is 0 Å². The van der Waals surface area contributed by atoms with Gasteiger partial charge in [0.1, 0.15) is 11.2 Å². The monoisotopic (exact) mass is 755 g/mol. The predicted molar refractivity (Wildman–Crippen MR) is 250 cm³/mol. The molecular formula is C57H41NO. The molecule has 1 aliphatic carbocycles. The first kappa shape index (κ1) is 34.8. The van der Waals surface area contributed by atoms with Crippen LogP contribution in [0.5, 0.6) is 0 Å². The maximum Gasteiger partial charge on any atom is 0.137 e. The van der Waals surface area contributed by atoms with E-state index in [-0.39, 0.29) is 5.92 Å². The molecule has 10 aromatic rings. The minimum absolute atomic E-state index is 0.236. The summed E-state index contributed by atoms with van der Waals surface area (Å²) < 4.78 is 6.51.